The summed E-state index contributed by atoms with van der Waals surface area (Å²) in [5, 5.41) is 11.8. The molecule has 0 unspecified atom stereocenters. The van der Waals surface area contributed by atoms with Crippen LogP contribution in [0.15, 0.2) is 52.4 Å². The predicted octanol–water partition coefficient (Wildman–Crippen LogP) is 5.23. The van der Waals surface area contributed by atoms with Gasteiger partial charge in [0, 0.05) is 18.2 Å². The smallest absolute Gasteiger partial charge is 0.272 e. The molecule has 1 saturated heterocycles. The monoisotopic (exact) mass is 395 g/mol. The first-order chi connectivity index (χ1) is 13.4. The maximum Gasteiger partial charge on any atom is 0.272 e. The highest BCUT2D eigenvalue weighted by Crippen LogP contribution is 2.35. The number of thioether (sulfide) groups is 1. The highest BCUT2D eigenvalue weighted by molar-refractivity contribution is 8.18. The molecule has 0 atom stereocenters. The van der Waals surface area contributed by atoms with Crippen molar-refractivity contribution in [2.75, 3.05) is 6.54 Å². The molecule has 0 saturated carbocycles. The second-order valence-electron chi connectivity index (χ2n) is 6.60. The normalized spacial score (nSPS) is 17.0. The number of rotatable bonds is 5. The number of carbonyl (C=O) groups is 1. The fourth-order valence-corrected chi connectivity index (χ4v) is 3.83. The SMILES string of the molecule is CCCN1C(=O)/C(=C\c2ccc(C)c([N+](=O)[O-])c2)SC1=Nc1ccc(C)cc1. The summed E-state index contributed by atoms with van der Waals surface area (Å²) in [5.41, 5.74) is 3.19. The van der Waals surface area contributed by atoms with Crippen LogP contribution in [-0.4, -0.2) is 27.4 Å². The lowest BCUT2D eigenvalue weighted by atomic mass is 10.1. The van der Waals surface area contributed by atoms with E-state index in [-0.39, 0.29) is 11.6 Å². The predicted molar refractivity (Wildman–Crippen MR) is 114 cm³/mol. The maximum absolute atomic E-state index is 12.9. The van der Waals surface area contributed by atoms with Gasteiger partial charge in [0.25, 0.3) is 11.6 Å². The van der Waals surface area contributed by atoms with Crippen LogP contribution in [-0.2, 0) is 4.79 Å². The summed E-state index contributed by atoms with van der Waals surface area (Å²) in [6.07, 6.45) is 2.50. The molecule has 1 aliphatic heterocycles. The van der Waals surface area contributed by atoms with Gasteiger partial charge in [-0.2, -0.15) is 0 Å². The summed E-state index contributed by atoms with van der Waals surface area (Å²) in [6.45, 7) is 6.28. The van der Waals surface area contributed by atoms with Crippen LogP contribution in [0.4, 0.5) is 11.4 Å². The molecule has 0 bridgehead atoms. The number of hydrogen-bond donors (Lipinski definition) is 0. The lowest BCUT2D eigenvalue weighted by Gasteiger charge is -2.13. The third-order valence-corrected chi connectivity index (χ3v) is 5.33. The van der Waals surface area contributed by atoms with Crippen LogP contribution in [0.3, 0.4) is 0 Å². The Hall–Kier alpha value is -2.93. The maximum atomic E-state index is 12.9. The molecule has 1 aliphatic rings. The van der Waals surface area contributed by atoms with Gasteiger partial charge in [-0.3, -0.25) is 19.8 Å². The van der Waals surface area contributed by atoms with E-state index in [1.807, 2.05) is 38.1 Å². The molecule has 0 spiro atoms. The summed E-state index contributed by atoms with van der Waals surface area (Å²) in [4.78, 5) is 30.4. The van der Waals surface area contributed by atoms with Gasteiger partial charge in [-0.1, -0.05) is 36.8 Å². The van der Waals surface area contributed by atoms with Gasteiger partial charge in [-0.25, -0.2) is 4.99 Å². The van der Waals surface area contributed by atoms with Gasteiger partial charge in [0.15, 0.2) is 5.17 Å². The van der Waals surface area contributed by atoms with Crippen molar-refractivity contribution in [3.8, 4) is 0 Å². The Balaban J connectivity index is 1.96. The fourth-order valence-electron chi connectivity index (χ4n) is 2.81. The van der Waals surface area contributed by atoms with E-state index in [1.54, 1.807) is 30.0 Å². The lowest BCUT2D eigenvalue weighted by molar-refractivity contribution is -0.385. The number of benzene rings is 2. The lowest BCUT2D eigenvalue weighted by Crippen LogP contribution is -2.29. The van der Waals surface area contributed by atoms with Crippen LogP contribution in [0.25, 0.3) is 6.08 Å². The number of amides is 1. The summed E-state index contributed by atoms with van der Waals surface area (Å²) in [7, 11) is 0. The van der Waals surface area contributed by atoms with E-state index in [1.165, 1.54) is 17.8 Å². The summed E-state index contributed by atoms with van der Waals surface area (Å²) in [5.74, 6) is -0.124. The molecule has 144 valence electrons. The Morgan fingerprint density at radius 3 is 2.54 bits per heavy atom. The topological polar surface area (TPSA) is 75.8 Å². The Labute approximate surface area is 168 Å². The first-order valence-corrected chi connectivity index (χ1v) is 9.82. The van der Waals surface area contributed by atoms with Crippen molar-refractivity contribution >= 4 is 40.3 Å². The van der Waals surface area contributed by atoms with Crippen LogP contribution in [0, 0.1) is 24.0 Å². The molecule has 0 radical (unpaired) electrons. The molecule has 0 aromatic heterocycles. The van der Waals surface area contributed by atoms with Crippen molar-refractivity contribution in [2.24, 2.45) is 4.99 Å². The molecular formula is C21H21N3O3S. The highest BCUT2D eigenvalue weighted by Gasteiger charge is 2.32. The zero-order valence-electron chi connectivity index (χ0n) is 16.0. The van der Waals surface area contributed by atoms with E-state index in [2.05, 4.69) is 4.99 Å². The minimum Gasteiger partial charge on any atom is -0.286 e. The van der Waals surface area contributed by atoms with Crippen LogP contribution >= 0.6 is 11.8 Å². The molecule has 3 rings (SSSR count). The summed E-state index contributed by atoms with van der Waals surface area (Å²) >= 11 is 1.30. The van der Waals surface area contributed by atoms with E-state index in [0.717, 1.165) is 17.7 Å². The quantitative estimate of drug-likeness (QED) is 0.395. The van der Waals surface area contributed by atoms with Gasteiger partial charge in [0.05, 0.1) is 15.5 Å². The Kier molecular flexibility index (Phi) is 5.94. The number of nitro groups is 1. The van der Waals surface area contributed by atoms with E-state index in [0.29, 0.717) is 27.7 Å². The van der Waals surface area contributed by atoms with E-state index in [9.17, 15) is 14.9 Å². The van der Waals surface area contributed by atoms with Crippen LogP contribution in [0.2, 0.25) is 0 Å². The second kappa shape index (κ2) is 8.39. The van der Waals surface area contributed by atoms with Gasteiger partial charge >= 0.3 is 0 Å². The molecule has 1 heterocycles. The third-order valence-electron chi connectivity index (χ3n) is 4.32. The molecular weight excluding hydrogens is 374 g/mol. The molecule has 7 heteroatoms. The van der Waals surface area contributed by atoms with E-state index in [4.69, 9.17) is 0 Å². The van der Waals surface area contributed by atoms with Crippen molar-refractivity contribution in [2.45, 2.75) is 27.2 Å². The fraction of sp³-hybridized carbons (Fsp3) is 0.238. The summed E-state index contributed by atoms with van der Waals surface area (Å²) < 4.78 is 0. The zero-order chi connectivity index (χ0) is 20.3. The third kappa shape index (κ3) is 4.31. The van der Waals surface area contributed by atoms with Crippen LogP contribution in [0.5, 0.6) is 0 Å². The number of aliphatic imine (C=N–C) groups is 1. The van der Waals surface area contributed by atoms with Crippen molar-refractivity contribution < 1.29 is 9.72 Å². The molecule has 0 N–H and O–H groups in total. The Morgan fingerprint density at radius 1 is 1.18 bits per heavy atom. The van der Waals surface area contributed by atoms with Crippen molar-refractivity contribution in [3.05, 3.63) is 74.2 Å². The standard InChI is InChI=1S/C21H21N3O3S/c1-4-11-23-20(25)19(13-16-8-7-15(3)18(12-16)24(26)27)28-21(23)22-17-9-5-14(2)6-10-17/h5-10,12-13H,4,11H2,1-3H3/b19-13+,22-21?. The number of nitrogens with zero attached hydrogens (tertiary/aromatic N) is 3. The van der Waals surface area contributed by atoms with Gasteiger partial charge in [-0.05, 0) is 55.8 Å². The molecule has 2 aromatic rings. The molecule has 0 aliphatic carbocycles. The zero-order valence-corrected chi connectivity index (χ0v) is 16.8. The van der Waals surface area contributed by atoms with Gasteiger partial charge in [0.2, 0.25) is 0 Å². The molecule has 1 fully saturated rings. The van der Waals surface area contributed by atoms with E-state index >= 15 is 0 Å². The average molecular weight is 395 g/mol. The highest BCUT2D eigenvalue weighted by atomic mass is 32.2. The molecule has 28 heavy (non-hydrogen) atoms. The number of nitro benzene ring substituents is 1. The van der Waals surface area contributed by atoms with Crippen LogP contribution in [0.1, 0.15) is 30.0 Å². The Bertz CT molecular complexity index is 981. The number of carbonyl (C=O) groups excluding carboxylic acids is 1. The average Bonchev–Trinajstić information content (AvgIpc) is 2.94. The van der Waals surface area contributed by atoms with Crippen LogP contribution < -0.4 is 0 Å². The molecule has 6 nitrogen and oxygen atoms in total. The molecule has 2 aromatic carbocycles. The van der Waals surface area contributed by atoms with Gasteiger partial charge in [-0.15, -0.1) is 0 Å². The van der Waals surface area contributed by atoms with Crippen molar-refractivity contribution in [3.63, 3.8) is 0 Å². The first kappa shape index (κ1) is 19.8. The number of amidine groups is 1. The van der Waals surface area contributed by atoms with Crippen molar-refractivity contribution in [1.82, 2.24) is 4.90 Å². The Morgan fingerprint density at radius 2 is 1.89 bits per heavy atom. The van der Waals surface area contributed by atoms with Gasteiger partial charge < -0.3 is 0 Å². The first-order valence-electron chi connectivity index (χ1n) is 9.01. The minimum atomic E-state index is -0.408. The number of hydrogen-bond acceptors (Lipinski definition) is 5. The molecule has 1 amide bonds. The van der Waals surface area contributed by atoms with Crippen molar-refractivity contribution in [1.29, 1.82) is 0 Å². The number of aryl methyl sites for hydroxylation is 2. The second-order valence-corrected chi connectivity index (χ2v) is 7.61. The largest absolute Gasteiger partial charge is 0.286 e. The summed E-state index contributed by atoms with van der Waals surface area (Å²) in [6, 6.07) is 12.8. The van der Waals surface area contributed by atoms with E-state index < -0.39 is 4.92 Å². The minimum absolute atomic E-state index is 0.0451. The van der Waals surface area contributed by atoms with Gasteiger partial charge in [0.1, 0.15) is 0 Å².